The lowest BCUT2D eigenvalue weighted by Gasteiger charge is -2.21. The Morgan fingerprint density at radius 3 is 2.89 bits per heavy atom. The maximum Gasteiger partial charge on any atom is 0.239 e. The Balaban J connectivity index is 1.98. The number of carbonyl (C=O) groups excluding carboxylic acids is 1. The van der Waals surface area contributed by atoms with Gasteiger partial charge in [-0.05, 0) is 18.1 Å². The Bertz CT molecular complexity index is 439. The van der Waals surface area contributed by atoms with Crippen LogP contribution in [-0.2, 0) is 11.3 Å². The third kappa shape index (κ3) is 3.02. The molecule has 98 valence electrons. The monoisotopic (exact) mass is 268 g/mol. The van der Waals surface area contributed by atoms with Crippen LogP contribution in [0.5, 0.6) is 0 Å². The summed E-state index contributed by atoms with van der Waals surface area (Å²) in [5, 5.41) is 13.1. The fourth-order valence-electron chi connectivity index (χ4n) is 2.13. The summed E-state index contributed by atoms with van der Waals surface area (Å²) in [6.07, 6.45) is 0.0544. The lowest BCUT2D eigenvalue weighted by Crippen LogP contribution is -2.41. The molecule has 2 N–H and O–H groups in total. The van der Waals surface area contributed by atoms with Crippen LogP contribution in [0.15, 0.2) is 24.3 Å². The largest absolute Gasteiger partial charge is 0.392 e. The van der Waals surface area contributed by atoms with Crippen molar-refractivity contribution in [2.45, 2.75) is 25.1 Å². The molecular formula is C13H17ClN2O2. The molecule has 1 aromatic carbocycles. The molecule has 1 heterocycles. The summed E-state index contributed by atoms with van der Waals surface area (Å²) in [4.78, 5) is 13.8. The maximum atomic E-state index is 12.1. The molecule has 1 amide bonds. The second-order valence-corrected chi connectivity index (χ2v) is 5.04. The molecule has 0 unspecified atom stereocenters. The number of aliphatic hydroxyl groups excluding tert-OH is 1. The van der Waals surface area contributed by atoms with E-state index in [-0.39, 0.29) is 11.9 Å². The van der Waals surface area contributed by atoms with E-state index in [9.17, 15) is 9.90 Å². The van der Waals surface area contributed by atoms with E-state index in [1.54, 1.807) is 11.9 Å². The minimum Gasteiger partial charge on any atom is -0.392 e. The second kappa shape index (κ2) is 5.69. The number of halogens is 1. The fraction of sp³-hybridized carbons (Fsp3) is 0.462. The van der Waals surface area contributed by atoms with Crippen molar-refractivity contribution in [3.63, 3.8) is 0 Å². The molecule has 0 aliphatic carbocycles. The first-order chi connectivity index (χ1) is 8.58. The highest BCUT2D eigenvalue weighted by Gasteiger charge is 2.30. The predicted molar refractivity (Wildman–Crippen MR) is 70.3 cm³/mol. The zero-order chi connectivity index (χ0) is 13.1. The smallest absolute Gasteiger partial charge is 0.239 e. The van der Waals surface area contributed by atoms with Crippen molar-refractivity contribution < 1.29 is 9.90 Å². The number of β-amino-alcohol motifs (C(OH)–C–C–N with tert-alkyl or cyclic N) is 1. The van der Waals surface area contributed by atoms with Crippen molar-refractivity contribution in [3.8, 4) is 0 Å². The van der Waals surface area contributed by atoms with E-state index in [0.29, 0.717) is 24.5 Å². The average Bonchev–Trinajstić information content (AvgIpc) is 2.78. The summed E-state index contributed by atoms with van der Waals surface area (Å²) in [7, 11) is 1.75. The van der Waals surface area contributed by atoms with Gasteiger partial charge in [-0.3, -0.25) is 4.79 Å². The third-order valence-electron chi connectivity index (χ3n) is 3.15. The topological polar surface area (TPSA) is 52.6 Å². The van der Waals surface area contributed by atoms with E-state index in [1.165, 1.54) is 0 Å². The summed E-state index contributed by atoms with van der Waals surface area (Å²) in [5.74, 6) is -0.00790. The Hall–Kier alpha value is -1.10. The van der Waals surface area contributed by atoms with Crippen LogP contribution in [0.4, 0.5) is 0 Å². The Kier molecular flexibility index (Phi) is 4.22. The van der Waals surface area contributed by atoms with Crippen molar-refractivity contribution in [2.75, 3.05) is 13.6 Å². The lowest BCUT2D eigenvalue weighted by atomic mass is 10.1. The number of carbonyl (C=O) groups is 1. The predicted octanol–water partition coefficient (Wildman–Crippen LogP) is 1.02. The lowest BCUT2D eigenvalue weighted by molar-refractivity contribution is -0.132. The van der Waals surface area contributed by atoms with Gasteiger partial charge in [0.15, 0.2) is 0 Å². The van der Waals surface area contributed by atoms with Gasteiger partial charge < -0.3 is 15.3 Å². The summed E-state index contributed by atoms with van der Waals surface area (Å²) in [6, 6.07) is 7.20. The van der Waals surface area contributed by atoms with Crippen molar-refractivity contribution >= 4 is 17.5 Å². The van der Waals surface area contributed by atoms with Crippen LogP contribution < -0.4 is 5.32 Å². The summed E-state index contributed by atoms with van der Waals surface area (Å²) in [6.45, 7) is 0.961. The maximum absolute atomic E-state index is 12.1. The van der Waals surface area contributed by atoms with Crippen LogP contribution in [0.1, 0.15) is 12.0 Å². The first-order valence-electron chi connectivity index (χ1n) is 5.97. The molecule has 1 fully saturated rings. The van der Waals surface area contributed by atoms with Crippen LogP contribution >= 0.6 is 11.6 Å². The molecule has 1 aromatic rings. The van der Waals surface area contributed by atoms with Crippen LogP contribution in [0.25, 0.3) is 0 Å². The normalized spacial score (nSPS) is 23.1. The molecule has 5 heteroatoms. The van der Waals surface area contributed by atoms with Crippen molar-refractivity contribution in [1.82, 2.24) is 10.2 Å². The van der Waals surface area contributed by atoms with E-state index in [4.69, 9.17) is 11.6 Å². The summed E-state index contributed by atoms with van der Waals surface area (Å²) < 4.78 is 0. The molecule has 0 radical (unpaired) electrons. The van der Waals surface area contributed by atoms with E-state index in [2.05, 4.69) is 5.32 Å². The molecule has 2 rings (SSSR count). The first kappa shape index (κ1) is 13.3. The quantitative estimate of drug-likeness (QED) is 0.861. The molecule has 1 aliphatic heterocycles. The van der Waals surface area contributed by atoms with Gasteiger partial charge in [0, 0.05) is 25.2 Å². The third-order valence-corrected chi connectivity index (χ3v) is 3.52. The van der Waals surface area contributed by atoms with Gasteiger partial charge in [0.25, 0.3) is 0 Å². The second-order valence-electron chi connectivity index (χ2n) is 4.64. The van der Waals surface area contributed by atoms with E-state index >= 15 is 0 Å². The minimum absolute atomic E-state index is 0.00790. The molecule has 0 aromatic heterocycles. The van der Waals surface area contributed by atoms with Crippen molar-refractivity contribution in [1.29, 1.82) is 0 Å². The van der Waals surface area contributed by atoms with Crippen LogP contribution in [-0.4, -0.2) is 41.7 Å². The van der Waals surface area contributed by atoms with E-state index in [0.717, 1.165) is 5.56 Å². The number of amides is 1. The Morgan fingerprint density at radius 2 is 2.28 bits per heavy atom. The van der Waals surface area contributed by atoms with E-state index in [1.807, 2.05) is 24.3 Å². The molecule has 1 saturated heterocycles. The minimum atomic E-state index is -0.423. The number of hydrogen-bond donors (Lipinski definition) is 2. The molecule has 18 heavy (non-hydrogen) atoms. The van der Waals surface area contributed by atoms with Gasteiger partial charge in [0.2, 0.25) is 5.91 Å². The summed E-state index contributed by atoms with van der Waals surface area (Å²) >= 11 is 6.06. The number of hydrogen-bond acceptors (Lipinski definition) is 3. The molecule has 4 nitrogen and oxygen atoms in total. The van der Waals surface area contributed by atoms with Gasteiger partial charge in [-0.25, -0.2) is 0 Å². The number of nitrogens with zero attached hydrogens (tertiary/aromatic N) is 1. The standard InChI is InChI=1S/C13H17ClN2O2/c1-16(8-9-4-2-3-5-11(9)14)13(18)12-6-10(17)7-15-12/h2-5,10,12,15,17H,6-8H2,1H3/t10-,12+/m1/s1. The Labute approximate surface area is 112 Å². The SMILES string of the molecule is CN(Cc1ccccc1Cl)C(=O)[C@@H]1C[C@@H](O)CN1. The van der Waals surface area contributed by atoms with Crippen LogP contribution in [0.2, 0.25) is 5.02 Å². The number of rotatable bonds is 3. The van der Waals surface area contributed by atoms with Gasteiger partial charge >= 0.3 is 0 Å². The highest BCUT2D eigenvalue weighted by molar-refractivity contribution is 6.31. The van der Waals surface area contributed by atoms with Crippen LogP contribution in [0, 0.1) is 0 Å². The molecule has 0 spiro atoms. The zero-order valence-corrected chi connectivity index (χ0v) is 11.0. The summed E-state index contributed by atoms with van der Waals surface area (Å²) in [5.41, 5.74) is 0.925. The molecule has 1 aliphatic rings. The highest BCUT2D eigenvalue weighted by Crippen LogP contribution is 2.17. The number of aliphatic hydroxyl groups is 1. The molecular weight excluding hydrogens is 252 g/mol. The van der Waals surface area contributed by atoms with Gasteiger partial charge in [0.1, 0.15) is 0 Å². The van der Waals surface area contributed by atoms with Crippen molar-refractivity contribution in [3.05, 3.63) is 34.9 Å². The van der Waals surface area contributed by atoms with Crippen LogP contribution in [0.3, 0.4) is 0 Å². The average molecular weight is 269 g/mol. The highest BCUT2D eigenvalue weighted by atomic mass is 35.5. The van der Waals surface area contributed by atoms with E-state index < -0.39 is 6.10 Å². The van der Waals surface area contributed by atoms with Gasteiger partial charge in [-0.15, -0.1) is 0 Å². The Morgan fingerprint density at radius 1 is 1.56 bits per heavy atom. The number of likely N-dealkylation sites (N-methyl/N-ethyl adjacent to an activating group) is 1. The van der Waals surface area contributed by atoms with Gasteiger partial charge in [-0.1, -0.05) is 29.8 Å². The molecule has 0 bridgehead atoms. The molecule has 0 saturated carbocycles. The fourth-order valence-corrected chi connectivity index (χ4v) is 2.33. The first-order valence-corrected chi connectivity index (χ1v) is 6.35. The zero-order valence-electron chi connectivity index (χ0n) is 10.3. The number of benzene rings is 1. The molecule has 2 atom stereocenters. The van der Waals surface area contributed by atoms with Crippen molar-refractivity contribution in [2.24, 2.45) is 0 Å². The number of nitrogens with one attached hydrogen (secondary N) is 1. The van der Waals surface area contributed by atoms with Gasteiger partial charge in [-0.2, -0.15) is 0 Å². The van der Waals surface area contributed by atoms with Gasteiger partial charge in [0.05, 0.1) is 12.1 Å².